The standard InChI is InChI=1S/C20H31NO2/c1-7-23-18(22)17(16-11-9-8-10-14(16)2)20(6)13-12-15(3)19(4,5)21-20/h8-11,15,17,21H,7,12-13H2,1-6H3/t15?,17-,20+/m0/s1/i7D2,8D,9D,10D,11D,12D2,13D2,15D,17D/hD. The quantitative estimate of drug-likeness (QED) is 0.841. The number of piperidine rings is 1. The van der Waals surface area contributed by atoms with Gasteiger partial charge >= 0.3 is 5.97 Å². The molecule has 23 heavy (non-hydrogen) atoms. The van der Waals surface area contributed by atoms with Crippen LogP contribution in [0.4, 0.5) is 0 Å². The Kier molecular flexibility index (Phi) is 2.10. The van der Waals surface area contributed by atoms with Crippen LogP contribution in [-0.4, -0.2) is 23.6 Å². The molecule has 3 heteroatoms. The van der Waals surface area contributed by atoms with E-state index in [0.29, 0.717) is 5.31 Å². The van der Waals surface area contributed by atoms with Crippen LogP contribution >= 0.6 is 0 Å². The third-order valence-electron chi connectivity index (χ3n) is 3.92. The Bertz CT molecular complexity index is 1070. The molecule has 1 N–H and O–H groups in total. The van der Waals surface area contributed by atoms with E-state index in [9.17, 15) is 6.17 Å². The van der Waals surface area contributed by atoms with Gasteiger partial charge in [-0.3, -0.25) is 4.79 Å². The third kappa shape index (κ3) is 3.60. The van der Waals surface area contributed by atoms with Gasteiger partial charge in [0.25, 0.3) is 0 Å². The summed E-state index contributed by atoms with van der Waals surface area (Å²) in [4.78, 5) is 13.7. The maximum Gasteiger partial charge on any atom is 0.315 e. The zero-order chi connectivity index (χ0) is 28.8. The SMILES string of the molecule is [2H]c1c([2H])c([2H])c([C@@]([2H])(C(=O)OC([2H])([2H])C)[C@]2(C)N([2H])C(C)(C)C([2H])(C)C([2H])([2H])C2([2H])[2H])c(C)c1[2H]. The van der Waals surface area contributed by atoms with Crippen molar-refractivity contribution in [2.24, 2.45) is 5.89 Å². The Labute approximate surface area is 159 Å². The summed E-state index contributed by atoms with van der Waals surface area (Å²) in [7, 11) is 0. The van der Waals surface area contributed by atoms with Gasteiger partial charge in [0.05, 0.1) is 20.7 Å². The molecular formula is C20H31NO2. The molecule has 0 saturated carbocycles. The molecule has 0 spiro atoms. The molecule has 1 aliphatic heterocycles. The van der Waals surface area contributed by atoms with Crippen LogP contribution in [0.15, 0.2) is 24.2 Å². The lowest BCUT2D eigenvalue weighted by molar-refractivity contribution is -0.148. The maximum atomic E-state index is 13.7. The number of carbonyl (C=O) groups excluding carboxylic acids is 1. The minimum atomic E-state index is -3.38. The van der Waals surface area contributed by atoms with Gasteiger partial charge in [-0.1, -0.05) is 31.1 Å². The fourth-order valence-electron chi connectivity index (χ4n) is 2.47. The van der Waals surface area contributed by atoms with Gasteiger partial charge in [0.1, 0.15) is 1.41 Å². The average Bonchev–Trinajstić information content (AvgIpc) is 2.72. The maximum absolute atomic E-state index is 13.7. The van der Waals surface area contributed by atoms with E-state index < -0.39 is 77.9 Å². The second-order valence-corrected chi connectivity index (χ2v) is 6.09. The number of hydrogen-bond donors (Lipinski definition) is 1. The van der Waals surface area contributed by atoms with Crippen molar-refractivity contribution in [3.05, 3.63) is 35.3 Å². The molecule has 1 aromatic rings. The summed E-state index contributed by atoms with van der Waals surface area (Å²) in [5.74, 6) is -7.42. The van der Waals surface area contributed by atoms with Crippen LogP contribution in [0.25, 0.3) is 0 Å². The highest BCUT2D eigenvalue weighted by Gasteiger charge is 2.48. The normalized spacial score (nSPS) is 46.8. The lowest BCUT2D eigenvalue weighted by atomic mass is 9.68. The summed E-state index contributed by atoms with van der Waals surface area (Å²) in [6.07, 6.45) is -6.51. The molecule has 1 fully saturated rings. The molecule has 1 heterocycles. The van der Waals surface area contributed by atoms with Crippen molar-refractivity contribution >= 4 is 5.97 Å². The van der Waals surface area contributed by atoms with Gasteiger partial charge in [-0.05, 0) is 64.4 Å². The van der Waals surface area contributed by atoms with Crippen LogP contribution in [0.1, 0.15) is 80.8 Å². The first-order valence-electron chi connectivity index (χ1n) is 13.8. The van der Waals surface area contributed by atoms with Crippen LogP contribution in [-0.2, 0) is 9.53 Å². The van der Waals surface area contributed by atoms with Crippen molar-refractivity contribution in [3.8, 4) is 0 Å². The Morgan fingerprint density at radius 3 is 2.96 bits per heavy atom. The van der Waals surface area contributed by atoms with E-state index in [1.54, 1.807) is 0 Å². The Morgan fingerprint density at radius 1 is 1.65 bits per heavy atom. The molecule has 1 aromatic carbocycles. The number of ether oxygens (including phenoxy) is 1. The molecule has 1 saturated heterocycles. The highest BCUT2D eigenvalue weighted by Crippen LogP contribution is 2.42. The Balaban J connectivity index is 3.22. The molecule has 1 unspecified atom stereocenters. The number of hydrogen-bond acceptors (Lipinski definition) is 3. The highest BCUT2D eigenvalue weighted by molar-refractivity contribution is 5.80. The van der Waals surface area contributed by atoms with Crippen LogP contribution in [0.3, 0.4) is 0 Å². The molecule has 0 bridgehead atoms. The molecule has 3 nitrogen and oxygen atoms in total. The topological polar surface area (TPSA) is 38.3 Å². The van der Waals surface area contributed by atoms with E-state index in [1.807, 2.05) is 0 Å². The molecule has 3 atom stereocenters. The van der Waals surface area contributed by atoms with Gasteiger partial charge in [0.2, 0.25) is 0 Å². The number of nitrogens with one attached hydrogen (secondary N) is 1. The zero-order valence-corrected chi connectivity index (χ0v) is 14.3. The summed E-state index contributed by atoms with van der Waals surface area (Å²) in [6.45, 7) is 3.77. The predicted molar refractivity (Wildman–Crippen MR) is 94.6 cm³/mol. The summed E-state index contributed by atoms with van der Waals surface area (Å²) in [5, 5.41) is 0.411. The first-order valence-corrected chi connectivity index (χ1v) is 7.31. The third-order valence-corrected chi connectivity index (χ3v) is 3.92. The molecule has 0 radical (unpaired) electrons. The Morgan fingerprint density at radius 2 is 2.30 bits per heavy atom. The first kappa shape index (κ1) is 7.26. The van der Waals surface area contributed by atoms with E-state index in [1.165, 1.54) is 13.8 Å². The van der Waals surface area contributed by atoms with Gasteiger partial charge in [0, 0.05) is 19.3 Å². The lowest BCUT2D eigenvalue weighted by Crippen LogP contribution is -2.64. The molecule has 0 aliphatic carbocycles. The number of benzene rings is 1. The fourth-order valence-corrected chi connectivity index (χ4v) is 2.47. The van der Waals surface area contributed by atoms with Crippen molar-refractivity contribution in [3.63, 3.8) is 0 Å². The largest absolute Gasteiger partial charge is 0.465 e. The van der Waals surface area contributed by atoms with E-state index in [0.717, 1.165) is 27.7 Å². The van der Waals surface area contributed by atoms with E-state index >= 15 is 0 Å². The van der Waals surface area contributed by atoms with Gasteiger partial charge in [0.15, 0.2) is 0 Å². The number of esters is 1. The minimum Gasteiger partial charge on any atom is -0.465 e. The highest BCUT2D eigenvalue weighted by atomic mass is 16.5. The average molecular weight is 331 g/mol. The first-order chi connectivity index (χ1) is 15.7. The minimum absolute atomic E-state index is 0.354. The van der Waals surface area contributed by atoms with Crippen molar-refractivity contribution in [2.75, 3.05) is 6.56 Å². The van der Waals surface area contributed by atoms with Crippen LogP contribution < -0.4 is 5.31 Å². The predicted octanol–water partition coefficient (Wildman–Crippen LogP) is 4.20. The lowest BCUT2D eigenvalue weighted by Gasteiger charge is -2.51. The van der Waals surface area contributed by atoms with E-state index in [-0.39, 0.29) is 5.56 Å². The molecule has 0 aromatic heterocycles. The van der Waals surface area contributed by atoms with Crippen molar-refractivity contribution in [2.45, 2.75) is 71.3 Å². The van der Waals surface area contributed by atoms with Gasteiger partial charge in [-0.15, -0.1) is 0 Å². The summed E-state index contributed by atoms with van der Waals surface area (Å²) in [5.41, 5.74) is -5.94. The monoisotopic (exact) mass is 330 g/mol. The van der Waals surface area contributed by atoms with Crippen LogP contribution in [0.2, 0.25) is 1.41 Å². The van der Waals surface area contributed by atoms with Gasteiger partial charge in [-0.2, -0.15) is 0 Å². The van der Waals surface area contributed by atoms with Gasteiger partial charge < -0.3 is 10.0 Å². The molecule has 0 amide bonds. The Hall–Kier alpha value is -1.35. The number of rotatable bonds is 4. The van der Waals surface area contributed by atoms with Crippen molar-refractivity contribution < 1.29 is 27.4 Å². The van der Waals surface area contributed by atoms with E-state index in [2.05, 4.69) is 0 Å². The second-order valence-electron chi connectivity index (χ2n) is 6.09. The van der Waals surface area contributed by atoms with Crippen molar-refractivity contribution in [1.82, 2.24) is 5.31 Å². The van der Waals surface area contributed by atoms with Crippen LogP contribution in [0, 0.1) is 12.8 Å². The molecule has 1 aliphatic rings. The second kappa shape index (κ2) is 6.64. The summed E-state index contributed by atoms with van der Waals surface area (Å²) in [6, 6.07) is -3.13. The smallest absolute Gasteiger partial charge is 0.315 e. The van der Waals surface area contributed by atoms with Crippen LogP contribution in [0.5, 0.6) is 0 Å². The molecule has 2 rings (SSSR count). The fraction of sp³-hybridized carbons (Fsp3) is 0.650. The molecular weight excluding hydrogens is 286 g/mol. The van der Waals surface area contributed by atoms with E-state index in [4.69, 9.17) is 21.2 Å². The zero-order valence-electron chi connectivity index (χ0n) is 27.3. The van der Waals surface area contributed by atoms with Crippen molar-refractivity contribution in [1.29, 1.82) is 0 Å². The summed E-state index contributed by atoms with van der Waals surface area (Å²) < 4.78 is 115. The molecule has 128 valence electrons. The number of carbonyl (C=O) groups is 1. The summed E-state index contributed by atoms with van der Waals surface area (Å²) >= 11 is 0. The van der Waals surface area contributed by atoms with Gasteiger partial charge in [-0.25, -0.2) is 0 Å².